The van der Waals surface area contributed by atoms with Gasteiger partial charge in [-0.2, -0.15) is 0 Å². The minimum absolute atomic E-state index is 0.0700. The van der Waals surface area contributed by atoms with E-state index in [1.807, 2.05) is 26.0 Å². The predicted molar refractivity (Wildman–Crippen MR) is 132 cm³/mol. The Morgan fingerprint density at radius 3 is 2.61 bits per heavy atom. The Balaban J connectivity index is 1.81. The molecule has 0 bridgehead atoms. The van der Waals surface area contributed by atoms with E-state index in [9.17, 15) is 14.4 Å². The smallest absolute Gasteiger partial charge is 0.262 e. The summed E-state index contributed by atoms with van der Waals surface area (Å²) in [5.74, 6) is -0.308. The van der Waals surface area contributed by atoms with Crippen LogP contribution in [0, 0.1) is 0 Å². The topological polar surface area (TPSA) is 90.3 Å². The number of hydrogen-bond donors (Lipinski definition) is 1. The van der Waals surface area contributed by atoms with Crippen molar-refractivity contribution < 1.29 is 14.3 Å². The summed E-state index contributed by atoms with van der Waals surface area (Å²) in [6.07, 6.45) is 0.778. The molecule has 0 saturated carbocycles. The van der Waals surface area contributed by atoms with Crippen LogP contribution in [-0.4, -0.2) is 39.2 Å². The maximum absolute atomic E-state index is 13.2. The van der Waals surface area contributed by atoms with E-state index in [0.29, 0.717) is 46.9 Å². The summed E-state index contributed by atoms with van der Waals surface area (Å²) >= 11 is 1.23. The number of ketones is 1. The van der Waals surface area contributed by atoms with Crippen molar-refractivity contribution in [2.45, 2.75) is 57.2 Å². The number of nitrogens with zero attached hydrogens (tertiary/aromatic N) is 2. The number of anilines is 1. The summed E-state index contributed by atoms with van der Waals surface area (Å²) in [5, 5.41) is 3.36. The first-order valence-corrected chi connectivity index (χ1v) is 11.8. The van der Waals surface area contributed by atoms with Gasteiger partial charge in [0.2, 0.25) is 5.91 Å². The van der Waals surface area contributed by atoms with Crippen molar-refractivity contribution in [3.05, 3.63) is 64.4 Å². The van der Waals surface area contributed by atoms with Crippen LogP contribution in [0.25, 0.3) is 10.9 Å². The molecule has 0 spiro atoms. The molecule has 1 amide bonds. The summed E-state index contributed by atoms with van der Waals surface area (Å²) in [5.41, 5.74) is 1.55. The highest BCUT2D eigenvalue weighted by Gasteiger charge is 2.20. The molecule has 33 heavy (non-hydrogen) atoms. The lowest BCUT2D eigenvalue weighted by atomic mass is 10.1. The number of hydrogen-bond acceptors (Lipinski definition) is 6. The number of nitrogens with one attached hydrogen (secondary N) is 1. The second kappa shape index (κ2) is 11.2. The van der Waals surface area contributed by atoms with E-state index in [2.05, 4.69) is 10.3 Å². The Kier molecular flexibility index (Phi) is 8.41. The van der Waals surface area contributed by atoms with Crippen molar-refractivity contribution in [2.24, 2.45) is 0 Å². The molecule has 0 fully saturated rings. The van der Waals surface area contributed by atoms with Crippen LogP contribution < -0.4 is 10.9 Å². The Morgan fingerprint density at radius 2 is 1.88 bits per heavy atom. The summed E-state index contributed by atoms with van der Waals surface area (Å²) in [6, 6.07) is 14.0. The van der Waals surface area contributed by atoms with E-state index < -0.39 is 5.25 Å². The molecule has 0 saturated heterocycles. The highest BCUT2D eigenvalue weighted by molar-refractivity contribution is 8.00. The molecule has 1 atom stereocenters. The highest BCUT2D eigenvalue weighted by atomic mass is 32.2. The van der Waals surface area contributed by atoms with Gasteiger partial charge in [0.1, 0.15) is 0 Å². The molecule has 0 aliphatic rings. The number of para-hydroxylation sites is 1. The lowest BCUT2D eigenvalue weighted by Gasteiger charge is -2.17. The number of rotatable bonds is 10. The van der Waals surface area contributed by atoms with Crippen molar-refractivity contribution >= 4 is 40.0 Å². The van der Waals surface area contributed by atoms with Crippen LogP contribution in [0.4, 0.5) is 5.69 Å². The molecule has 3 rings (SSSR count). The van der Waals surface area contributed by atoms with E-state index in [1.54, 1.807) is 47.9 Å². The van der Waals surface area contributed by atoms with Gasteiger partial charge < -0.3 is 10.1 Å². The Labute approximate surface area is 197 Å². The number of benzene rings is 2. The van der Waals surface area contributed by atoms with Crippen LogP contribution in [0.2, 0.25) is 0 Å². The Morgan fingerprint density at radius 1 is 1.12 bits per heavy atom. The molecule has 8 heteroatoms. The SMILES string of the molecule is CC(=O)c1cccc(NC(=O)[C@H](C)Sc2nc3ccccc3c(=O)n2CCCOC(C)C)c1. The summed E-state index contributed by atoms with van der Waals surface area (Å²) in [6.45, 7) is 8.16. The summed E-state index contributed by atoms with van der Waals surface area (Å²) < 4.78 is 7.23. The van der Waals surface area contributed by atoms with Crippen LogP contribution >= 0.6 is 11.8 Å². The van der Waals surface area contributed by atoms with Gasteiger partial charge in [-0.1, -0.05) is 36.0 Å². The molecule has 174 valence electrons. The monoisotopic (exact) mass is 467 g/mol. The molecule has 0 aliphatic carbocycles. The van der Waals surface area contributed by atoms with Gasteiger partial charge in [0, 0.05) is 24.4 Å². The minimum Gasteiger partial charge on any atom is -0.379 e. The molecule has 0 unspecified atom stereocenters. The average Bonchev–Trinajstić information content (AvgIpc) is 2.78. The molecule has 1 aromatic heterocycles. The van der Waals surface area contributed by atoms with Crippen LogP contribution in [0.15, 0.2) is 58.5 Å². The second-order valence-electron chi connectivity index (χ2n) is 8.03. The fourth-order valence-corrected chi connectivity index (χ4v) is 4.18. The third-order valence-electron chi connectivity index (χ3n) is 4.99. The number of fused-ring (bicyclic) bond motifs is 1. The minimum atomic E-state index is -0.516. The number of thioether (sulfide) groups is 1. The van der Waals surface area contributed by atoms with E-state index in [4.69, 9.17) is 4.74 Å². The molecular weight excluding hydrogens is 438 g/mol. The molecule has 3 aromatic rings. The van der Waals surface area contributed by atoms with E-state index in [-0.39, 0.29) is 23.4 Å². The number of ether oxygens (including phenoxy) is 1. The van der Waals surface area contributed by atoms with Crippen LogP contribution in [0.5, 0.6) is 0 Å². The van der Waals surface area contributed by atoms with Gasteiger partial charge in [0.25, 0.3) is 5.56 Å². The van der Waals surface area contributed by atoms with Crippen molar-refractivity contribution in [2.75, 3.05) is 11.9 Å². The molecule has 2 aromatic carbocycles. The lowest BCUT2D eigenvalue weighted by molar-refractivity contribution is -0.115. The summed E-state index contributed by atoms with van der Waals surface area (Å²) in [7, 11) is 0. The number of amides is 1. The van der Waals surface area contributed by atoms with Gasteiger partial charge in [-0.05, 0) is 58.4 Å². The van der Waals surface area contributed by atoms with E-state index in [0.717, 1.165) is 0 Å². The maximum Gasteiger partial charge on any atom is 0.262 e. The van der Waals surface area contributed by atoms with Crippen LogP contribution in [0.3, 0.4) is 0 Å². The van der Waals surface area contributed by atoms with Gasteiger partial charge in [-0.25, -0.2) is 4.98 Å². The first-order chi connectivity index (χ1) is 15.8. The zero-order valence-corrected chi connectivity index (χ0v) is 20.1. The standard InChI is InChI=1S/C25H29N3O4S/c1-16(2)32-14-8-13-28-24(31)21-11-5-6-12-22(21)27-25(28)33-18(4)23(30)26-20-10-7-9-19(15-20)17(3)29/h5-7,9-12,15-16,18H,8,13-14H2,1-4H3,(H,26,30)/t18-/m0/s1. The third-order valence-corrected chi connectivity index (χ3v) is 6.08. The third kappa shape index (κ3) is 6.52. The van der Waals surface area contributed by atoms with Crippen LogP contribution in [0.1, 0.15) is 44.5 Å². The molecular formula is C25H29N3O4S. The van der Waals surface area contributed by atoms with Crippen molar-refractivity contribution in [1.29, 1.82) is 0 Å². The molecule has 7 nitrogen and oxygen atoms in total. The number of Topliss-reactive ketones (excluding diaryl/α,β-unsaturated/α-hetero) is 1. The predicted octanol–water partition coefficient (Wildman–Crippen LogP) is 4.53. The Hall–Kier alpha value is -2.97. The highest BCUT2D eigenvalue weighted by Crippen LogP contribution is 2.24. The first kappa shape index (κ1) is 24.7. The van der Waals surface area contributed by atoms with Crippen molar-refractivity contribution in [3.63, 3.8) is 0 Å². The summed E-state index contributed by atoms with van der Waals surface area (Å²) in [4.78, 5) is 42.3. The fourth-order valence-electron chi connectivity index (χ4n) is 3.25. The molecule has 1 heterocycles. The van der Waals surface area contributed by atoms with Crippen molar-refractivity contribution in [1.82, 2.24) is 9.55 Å². The second-order valence-corrected chi connectivity index (χ2v) is 9.34. The average molecular weight is 468 g/mol. The van der Waals surface area contributed by atoms with Gasteiger partial charge in [-0.3, -0.25) is 19.0 Å². The lowest BCUT2D eigenvalue weighted by Crippen LogP contribution is -2.27. The molecule has 1 N–H and O–H groups in total. The number of aromatic nitrogens is 2. The van der Waals surface area contributed by atoms with E-state index in [1.165, 1.54) is 18.7 Å². The molecule has 0 radical (unpaired) electrons. The maximum atomic E-state index is 13.2. The number of carbonyl (C=O) groups is 2. The Bertz CT molecular complexity index is 1210. The van der Waals surface area contributed by atoms with Crippen molar-refractivity contribution in [3.8, 4) is 0 Å². The first-order valence-electron chi connectivity index (χ1n) is 11.0. The van der Waals surface area contributed by atoms with E-state index >= 15 is 0 Å². The zero-order valence-electron chi connectivity index (χ0n) is 19.3. The zero-order chi connectivity index (χ0) is 24.0. The largest absolute Gasteiger partial charge is 0.379 e. The quantitative estimate of drug-likeness (QED) is 0.204. The van der Waals surface area contributed by atoms with Gasteiger partial charge in [0.05, 0.1) is 22.3 Å². The number of carbonyl (C=O) groups excluding carboxylic acids is 2. The fraction of sp³-hybridized carbons (Fsp3) is 0.360. The van der Waals surface area contributed by atoms with Gasteiger partial charge in [0.15, 0.2) is 10.9 Å². The van der Waals surface area contributed by atoms with Gasteiger partial charge in [-0.15, -0.1) is 0 Å². The molecule has 0 aliphatic heterocycles. The normalized spacial score (nSPS) is 12.2. The van der Waals surface area contributed by atoms with Gasteiger partial charge >= 0.3 is 0 Å². The van der Waals surface area contributed by atoms with Crippen LogP contribution in [-0.2, 0) is 16.1 Å².